The van der Waals surface area contributed by atoms with Gasteiger partial charge in [-0.3, -0.25) is 4.79 Å². The lowest BCUT2D eigenvalue weighted by molar-refractivity contribution is 0.0945. The number of amides is 1. The van der Waals surface area contributed by atoms with Gasteiger partial charge in [-0.25, -0.2) is 0 Å². The first-order valence-corrected chi connectivity index (χ1v) is 7.03. The molecule has 0 saturated carbocycles. The highest BCUT2D eigenvalue weighted by Gasteiger charge is 2.11. The van der Waals surface area contributed by atoms with Crippen molar-refractivity contribution in [3.05, 3.63) is 34.9 Å². The van der Waals surface area contributed by atoms with Gasteiger partial charge in [0, 0.05) is 17.7 Å². The third kappa shape index (κ3) is 4.71. The summed E-state index contributed by atoms with van der Waals surface area (Å²) in [5.41, 5.74) is 7.94. The molecule has 0 radical (unpaired) electrons. The third-order valence-electron chi connectivity index (χ3n) is 3.55. The van der Waals surface area contributed by atoms with Crippen LogP contribution in [0.3, 0.4) is 0 Å². The molecule has 0 aliphatic rings. The number of hydrogen-bond donors (Lipinski definition) is 2. The predicted octanol–water partition coefficient (Wildman–Crippen LogP) is 2.33. The molecule has 20 heavy (non-hydrogen) atoms. The van der Waals surface area contributed by atoms with E-state index < -0.39 is 0 Å². The first-order chi connectivity index (χ1) is 9.45. The number of carbonyl (C=O) groups excluding carboxylic acids is 1. The summed E-state index contributed by atoms with van der Waals surface area (Å²) in [6.07, 6.45) is 0. The highest BCUT2D eigenvalue weighted by atomic mass is 16.1. The van der Waals surface area contributed by atoms with Crippen molar-refractivity contribution in [2.24, 2.45) is 17.6 Å². The van der Waals surface area contributed by atoms with E-state index in [2.05, 4.69) is 37.9 Å². The summed E-state index contributed by atoms with van der Waals surface area (Å²) in [7, 11) is 0. The minimum Gasteiger partial charge on any atom is -0.352 e. The Labute approximate surface area is 121 Å². The van der Waals surface area contributed by atoms with Crippen LogP contribution in [0.2, 0.25) is 0 Å². The van der Waals surface area contributed by atoms with Crippen molar-refractivity contribution in [2.75, 3.05) is 13.1 Å². The van der Waals surface area contributed by atoms with Gasteiger partial charge in [-0.05, 0) is 36.5 Å². The van der Waals surface area contributed by atoms with E-state index in [9.17, 15) is 4.79 Å². The number of benzene rings is 1. The van der Waals surface area contributed by atoms with E-state index in [1.165, 1.54) is 0 Å². The van der Waals surface area contributed by atoms with Crippen LogP contribution in [0.15, 0.2) is 18.2 Å². The molecule has 1 unspecified atom stereocenters. The molecule has 1 atom stereocenters. The molecular weight excluding hydrogens is 248 g/mol. The predicted molar refractivity (Wildman–Crippen MR) is 83.4 cm³/mol. The van der Waals surface area contributed by atoms with Crippen molar-refractivity contribution in [1.29, 1.82) is 0 Å². The minimum absolute atomic E-state index is 0.0479. The molecule has 1 amide bonds. The SMILES string of the molecule is Cc1ccc(C(=O)NCC(C)C(C)C)cc1C#CCN. The van der Waals surface area contributed by atoms with Gasteiger partial charge in [0.15, 0.2) is 0 Å². The smallest absolute Gasteiger partial charge is 0.251 e. The van der Waals surface area contributed by atoms with Crippen molar-refractivity contribution in [2.45, 2.75) is 27.7 Å². The Hall–Kier alpha value is -1.79. The van der Waals surface area contributed by atoms with Crippen LogP contribution >= 0.6 is 0 Å². The summed E-state index contributed by atoms with van der Waals surface area (Å²) in [6.45, 7) is 9.43. The van der Waals surface area contributed by atoms with Crippen LogP contribution in [0.25, 0.3) is 0 Å². The van der Waals surface area contributed by atoms with E-state index in [0.717, 1.165) is 11.1 Å². The summed E-state index contributed by atoms with van der Waals surface area (Å²) in [5.74, 6) is 6.78. The van der Waals surface area contributed by atoms with E-state index in [0.29, 0.717) is 30.5 Å². The van der Waals surface area contributed by atoms with Crippen LogP contribution in [-0.2, 0) is 0 Å². The number of rotatable bonds is 4. The van der Waals surface area contributed by atoms with Gasteiger partial charge in [0.1, 0.15) is 0 Å². The van der Waals surface area contributed by atoms with Gasteiger partial charge in [-0.15, -0.1) is 0 Å². The summed E-state index contributed by atoms with van der Waals surface area (Å²) in [4.78, 5) is 12.1. The van der Waals surface area contributed by atoms with Gasteiger partial charge < -0.3 is 11.1 Å². The maximum Gasteiger partial charge on any atom is 0.251 e. The Morgan fingerprint density at radius 1 is 1.35 bits per heavy atom. The molecule has 0 aromatic heterocycles. The average molecular weight is 272 g/mol. The molecule has 0 spiro atoms. The van der Waals surface area contributed by atoms with Gasteiger partial charge in [0.25, 0.3) is 5.91 Å². The van der Waals surface area contributed by atoms with E-state index in [4.69, 9.17) is 5.73 Å². The Bertz CT molecular complexity index is 524. The van der Waals surface area contributed by atoms with E-state index in [1.807, 2.05) is 25.1 Å². The Kier molecular flexibility index (Phi) is 6.27. The van der Waals surface area contributed by atoms with Crippen molar-refractivity contribution in [3.63, 3.8) is 0 Å². The van der Waals surface area contributed by atoms with Crippen LogP contribution in [0.4, 0.5) is 0 Å². The maximum atomic E-state index is 12.1. The van der Waals surface area contributed by atoms with Crippen LogP contribution in [0.1, 0.15) is 42.3 Å². The molecule has 3 nitrogen and oxygen atoms in total. The molecule has 1 aromatic carbocycles. The van der Waals surface area contributed by atoms with Gasteiger partial charge in [-0.2, -0.15) is 0 Å². The average Bonchev–Trinajstić information content (AvgIpc) is 2.43. The standard InChI is InChI=1S/C17H24N2O/c1-12(2)14(4)11-19-17(20)16-8-7-13(3)15(10-16)6-5-9-18/h7-8,10,12,14H,9,11,18H2,1-4H3,(H,19,20). The van der Waals surface area contributed by atoms with Crippen molar-refractivity contribution >= 4 is 5.91 Å². The number of carbonyl (C=O) groups is 1. The quantitative estimate of drug-likeness (QED) is 0.827. The minimum atomic E-state index is -0.0479. The maximum absolute atomic E-state index is 12.1. The van der Waals surface area contributed by atoms with Crippen molar-refractivity contribution < 1.29 is 4.79 Å². The van der Waals surface area contributed by atoms with Crippen molar-refractivity contribution in [1.82, 2.24) is 5.32 Å². The summed E-state index contributed by atoms with van der Waals surface area (Å²) >= 11 is 0. The lowest BCUT2D eigenvalue weighted by Crippen LogP contribution is -2.30. The molecule has 0 fully saturated rings. The normalized spacial score (nSPS) is 11.7. The summed E-state index contributed by atoms with van der Waals surface area (Å²) in [6, 6.07) is 5.58. The summed E-state index contributed by atoms with van der Waals surface area (Å²) in [5, 5.41) is 2.97. The monoisotopic (exact) mass is 272 g/mol. The first kappa shape index (κ1) is 16.3. The topological polar surface area (TPSA) is 55.1 Å². The van der Waals surface area contributed by atoms with Crippen LogP contribution in [0.5, 0.6) is 0 Å². The number of nitrogens with two attached hydrogens (primary N) is 1. The van der Waals surface area contributed by atoms with Crippen LogP contribution < -0.4 is 11.1 Å². The highest BCUT2D eigenvalue weighted by molar-refractivity contribution is 5.94. The van der Waals surface area contributed by atoms with Gasteiger partial charge >= 0.3 is 0 Å². The van der Waals surface area contributed by atoms with E-state index in [-0.39, 0.29) is 5.91 Å². The molecule has 108 valence electrons. The first-order valence-electron chi connectivity index (χ1n) is 7.03. The largest absolute Gasteiger partial charge is 0.352 e. The highest BCUT2D eigenvalue weighted by Crippen LogP contribution is 2.11. The molecular formula is C17H24N2O. The second-order valence-electron chi connectivity index (χ2n) is 5.47. The molecule has 0 heterocycles. The van der Waals surface area contributed by atoms with Crippen molar-refractivity contribution in [3.8, 4) is 11.8 Å². The van der Waals surface area contributed by atoms with E-state index >= 15 is 0 Å². The Morgan fingerprint density at radius 3 is 2.65 bits per heavy atom. The fraction of sp³-hybridized carbons (Fsp3) is 0.471. The zero-order chi connectivity index (χ0) is 15.1. The van der Waals surface area contributed by atoms with Gasteiger partial charge in [0.2, 0.25) is 0 Å². The van der Waals surface area contributed by atoms with E-state index in [1.54, 1.807) is 0 Å². The van der Waals surface area contributed by atoms with Crippen LogP contribution in [0, 0.1) is 30.6 Å². The molecule has 3 N–H and O–H groups in total. The zero-order valence-corrected chi connectivity index (χ0v) is 12.8. The lowest BCUT2D eigenvalue weighted by atomic mass is 9.98. The zero-order valence-electron chi connectivity index (χ0n) is 12.8. The Balaban J connectivity index is 2.78. The number of nitrogens with one attached hydrogen (secondary N) is 1. The number of aryl methyl sites for hydroxylation is 1. The third-order valence-corrected chi connectivity index (χ3v) is 3.55. The Morgan fingerprint density at radius 2 is 2.05 bits per heavy atom. The fourth-order valence-electron chi connectivity index (χ4n) is 1.64. The molecule has 1 aromatic rings. The molecule has 0 saturated heterocycles. The molecule has 0 aliphatic heterocycles. The molecule has 0 bridgehead atoms. The molecule has 3 heteroatoms. The molecule has 1 rings (SSSR count). The second-order valence-corrected chi connectivity index (χ2v) is 5.47. The van der Waals surface area contributed by atoms with Gasteiger partial charge in [0.05, 0.1) is 6.54 Å². The fourth-order valence-corrected chi connectivity index (χ4v) is 1.64. The summed E-state index contributed by atoms with van der Waals surface area (Å²) < 4.78 is 0. The molecule has 0 aliphatic carbocycles. The van der Waals surface area contributed by atoms with Crippen LogP contribution in [-0.4, -0.2) is 19.0 Å². The van der Waals surface area contributed by atoms with Gasteiger partial charge in [-0.1, -0.05) is 38.7 Å². The number of hydrogen-bond acceptors (Lipinski definition) is 2. The second kappa shape index (κ2) is 7.72. The lowest BCUT2D eigenvalue weighted by Gasteiger charge is -2.16.